The molecule has 1 aromatic carbocycles. The molecule has 4 atom stereocenters. The van der Waals surface area contributed by atoms with Gasteiger partial charge in [0.2, 0.25) is 0 Å². The molecule has 0 bridgehead atoms. The van der Waals surface area contributed by atoms with E-state index in [0.29, 0.717) is 5.41 Å². The van der Waals surface area contributed by atoms with Crippen molar-refractivity contribution in [3.05, 3.63) is 29.3 Å². The molecule has 1 aromatic rings. The summed E-state index contributed by atoms with van der Waals surface area (Å²) in [6.07, 6.45) is 12.0. The number of aryl methyl sites for hydroxylation is 1. The summed E-state index contributed by atoms with van der Waals surface area (Å²) in [6, 6.07) is 6.83. The summed E-state index contributed by atoms with van der Waals surface area (Å²) >= 11 is 0. The number of rotatable bonds is 6. The maximum atomic E-state index is 6.18. The fraction of sp³-hybridized carbons (Fsp3) is 0.739. The van der Waals surface area contributed by atoms with E-state index >= 15 is 0 Å². The van der Waals surface area contributed by atoms with E-state index < -0.39 is 0 Å². The second kappa shape index (κ2) is 7.31. The molecule has 2 fully saturated rings. The Morgan fingerprint density at radius 3 is 2.92 bits per heavy atom. The first-order valence-electron chi connectivity index (χ1n) is 10.5. The predicted molar refractivity (Wildman–Crippen MR) is 102 cm³/mol. The first kappa shape index (κ1) is 17.4. The Labute approximate surface area is 153 Å². The monoisotopic (exact) mass is 342 g/mol. The van der Waals surface area contributed by atoms with Crippen LogP contribution in [0.2, 0.25) is 0 Å². The number of fused-ring (bicyclic) bond motifs is 5. The SMILES string of the molecule is CCCCOC[C@@]12CCC[C@H]1[C@@H]1CCc3cc(OC)ccc3[C@H]1CC2. The number of methoxy groups -OCH3 is 1. The average Bonchev–Trinajstić information content (AvgIpc) is 3.09. The summed E-state index contributed by atoms with van der Waals surface area (Å²) < 4.78 is 11.6. The smallest absolute Gasteiger partial charge is 0.119 e. The minimum atomic E-state index is 0.499. The zero-order chi connectivity index (χ0) is 17.3. The minimum Gasteiger partial charge on any atom is -0.497 e. The van der Waals surface area contributed by atoms with Crippen LogP contribution in [0, 0.1) is 17.3 Å². The summed E-state index contributed by atoms with van der Waals surface area (Å²) in [5.74, 6) is 3.57. The van der Waals surface area contributed by atoms with E-state index in [0.717, 1.165) is 36.7 Å². The van der Waals surface area contributed by atoms with Gasteiger partial charge in [-0.05, 0) is 91.4 Å². The lowest BCUT2D eigenvalue weighted by molar-refractivity contribution is -0.0362. The predicted octanol–water partition coefficient (Wildman–Crippen LogP) is 5.74. The van der Waals surface area contributed by atoms with E-state index in [-0.39, 0.29) is 0 Å². The van der Waals surface area contributed by atoms with Crippen LogP contribution in [-0.4, -0.2) is 20.3 Å². The second-order valence-corrected chi connectivity index (χ2v) is 8.68. The van der Waals surface area contributed by atoms with Crippen LogP contribution < -0.4 is 4.74 Å². The lowest BCUT2D eigenvalue weighted by Crippen LogP contribution is -2.43. The Balaban J connectivity index is 1.52. The highest BCUT2D eigenvalue weighted by atomic mass is 16.5. The summed E-state index contributed by atoms with van der Waals surface area (Å²) in [6.45, 7) is 4.23. The van der Waals surface area contributed by atoms with Gasteiger partial charge in [-0.2, -0.15) is 0 Å². The molecule has 3 aliphatic rings. The fourth-order valence-corrected chi connectivity index (χ4v) is 6.25. The number of unbranched alkanes of at least 4 members (excludes halogenated alkanes) is 1. The molecule has 0 N–H and O–H groups in total. The molecule has 0 aromatic heterocycles. The summed E-state index contributed by atoms with van der Waals surface area (Å²) in [4.78, 5) is 0. The lowest BCUT2D eigenvalue weighted by Gasteiger charge is -2.50. The van der Waals surface area contributed by atoms with Gasteiger partial charge in [0.15, 0.2) is 0 Å². The first-order chi connectivity index (χ1) is 12.3. The van der Waals surface area contributed by atoms with E-state index in [2.05, 4.69) is 25.1 Å². The quantitative estimate of drug-likeness (QED) is 0.614. The molecule has 0 saturated heterocycles. The third kappa shape index (κ3) is 3.12. The van der Waals surface area contributed by atoms with Crippen molar-refractivity contribution in [2.24, 2.45) is 17.3 Å². The molecule has 0 spiro atoms. The molecule has 2 nitrogen and oxygen atoms in total. The molecule has 0 heterocycles. The van der Waals surface area contributed by atoms with Crippen LogP contribution in [0.25, 0.3) is 0 Å². The average molecular weight is 343 g/mol. The van der Waals surface area contributed by atoms with Crippen molar-refractivity contribution in [1.82, 2.24) is 0 Å². The largest absolute Gasteiger partial charge is 0.497 e. The Kier molecular flexibility index (Phi) is 5.08. The highest BCUT2D eigenvalue weighted by Gasteiger charge is 2.52. The molecule has 0 unspecified atom stereocenters. The maximum absolute atomic E-state index is 6.18. The highest BCUT2D eigenvalue weighted by molar-refractivity contribution is 5.40. The van der Waals surface area contributed by atoms with Crippen LogP contribution in [0.15, 0.2) is 18.2 Å². The standard InChI is InChI=1S/C23H34O2/c1-3-4-14-25-16-23-12-5-6-22(23)21-9-7-17-15-18(24-2)8-10-19(17)20(21)11-13-23/h8,10,15,20-22H,3-7,9,11-14,16H2,1-2H3/t20-,21-,22+,23+/m1/s1. The lowest BCUT2D eigenvalue weighted by atomic mass is 9.55. The third-order valence-corrected chi connectivity index (χ3v) is 7.49. The summed E-state index contributed by atoms with van der Waals surface area (Å²) in [7, 11) is 1.78. The van der Waals surface area contributed by atoms with Gasteiger partial charge in [-0.3, -0.25) is 0 Å². The van der Waals surface area contributed by atoms with Gasteiger partial charge in [0.05, 0.1) is 13.7 Å². The Morgan fingerprint density at radius 1 is 1.16 bits per heavy atom. The van der Waals surface area contributed by atoms with E-state index in [1.165, 1.54) is 57.8 Å². The minimum absolute atomic E-state index is 0.499. The topological polar surface area (TPSA) is 18.5 Å². The number of benzene rings is 1. The molecular formula is C23H34O2. The van der Waals surface area contributed by atoms with Crippen LogP contribution in [0.4, 0.5) is 0 Å². The van der Waals surface area contributed by atoms with Crippen molar-refractivity contribution in [2.45, 2.75) is 70.6 Å². The molecule has 2 saturated carbocycles. The van der Waals surface area contributed by atoms with E-state index in [4.69, 9.17) is 9.47 Å². The highest BCUT2D eigenvalue weighted by Crippen LogP contribution is 2.61. The zero-order valence-corrected chi connectivity index (χ0v) is 16.1. The van der Waals surface area contributed by atoms with Gasteiger partial charge in [0, 0.05) is 6.61 Å². The van der Waals surface area contributed by atoms with Gasteiger partial charge in [-0.15, -0.1) is 0 Å². The normalized spacial score (nSPS) is 33.4. The molecule has 138 valence electrons. The molecule has 3 aliphatic carbocycles. The van der Waals surface area contributed by atoms with Crippen molar-refractivity contribution < 1.29 is 9.47 Å². The molecule has 4 rings (SSSR count). The Morgan fingerprint density at radius 2 is 2.08 bits per heavy atom. The first-order valence-corrected chi connectivity index (χ1v) is 10.5. The van der Waals surface area contributed by atoms with Gasteiger partial charge < -0.3 is 9.47 Å². The van der Waals surface area contributed by atoms with Crippen molar-refractivity contribution in [3.63, 3.8) is 0 Å². The van der Waals surface area contributed by atoms with Crippen molar-refractivity contribution in [2.75, 3.05) is 20.3 Å². The van der Waals surface area contributed by atoms with Crippen LogP contribution in [0.5, 0.6) is 5.75 Å². The van der Waals surface area contributed by atoms with Gasteiger partial charge in [0.1, 0.15) is 5.75 Å². The maximum Gasteiger partial charge on any atom is 0.119 e. The molecule has 2 heteroatoms. The summed E-state index contributed by atoms with van der Waals surface area (Å²) in [5, 5.41) is 0. The van der Waals surface area contributed by atoms with E-state index in [9.17, 15) is 0 Å². The number of hydrogen-bond acceptors (Lipinski definition) is 2. The molecular weight excluding hydrogens is 308 g/mol. The zero-order valence-electron chi connectivity index (χ0n) is 16.1. The molecule has 25 heavy (non-hydrogen) atoms. The van der Waals surface area contributed by atoms with Gasteiger partial charge in [0.25, 0.3) is 0 Å². The molecule has 0 radical (unpaired) electrons. The number of hydrogen-bond donors (Lipinski definition) is 0. The van der Waals surface area contributed by atoms with Crippen LogP contribution in [-0.2, 0) is 11.2 Å². The van der Waals surface area contributed by atoms with Crippen molar-refractivity contribution in [3.8, 4) is 5.75 Å². The molecule has 0 aliphatic heterocycles. The number of ether oxygens (including phenoxy) is 2. The van der Waals surface area contributed by atoms with Crippen LogP contribution in [0.1, 0.15) is 75.3 Å². The Bertz CT molecular complexity index is 596. The second-order valence-electron chi connectivity index (χ2n) is 8.68. The van der Waals surface area contributed by atoms with Gasteiger partial charge in [-0.25, -0.2) is 0 Å². The summed E-state index contributed by atoms with van der Waals surface area (Å²) in [5.41, 5.74) is 3.67. The van der Waals surface area contributed by atoms with Crippen molar-refractivity contribution >= 4 is 0 Å². The molecule has 0 amide bonds. The van der Waals surface area contributed by atoms with E-state index in [1.54, 1.807) is 18.2 Å². The van der Waals surface area contributed by atoms with E-state index in [1.807, 2.05) is 0 Å². The van der Waals surface area contributed by atoms with Crippen LogP contribution in [0.3, 0.4) is 0 Å². The van der Waals surface area contributed by atoms with Crippen LogP contribution >= 0.6 is 0 Å². The fourth-order valence-electron chi connectivity index (χ4n) is 6.25. The van der Waals surface area contributed by atoms with Gasteiger partial charge >= 0.3 is 0 Å². The Hall–Kier alpha value is -1.02. The van der Waals surface area contributed by atoms with Crippen molar-refractivity contribution in [1.29, 1.82) is 0 Å². The third-order valence-electron chi connectivity index (χ3n) is 7.49. The van der Waals surface area contributed by atoms with Gasteiger partial charge in [-0.1, -0.05) is 25.8 Å².